The van der Waals surface area contributed by atoms with Crippen LogP contribution < -0.4 is 5.32 Å². The second-order valence-electron chi connectivity index (χ2n) is 7.53. The highest BCUT2D eigenvalue weighted by Crippen LogP contribution is 2.52. The van der Waals surface area contributed by atoms with E-state index in [-0.39, 0.29) is 17.9 Å². The number of para-hydroxylation sites is 1. The third-order valence-corrected chi connectivity index (χ3v) is 5.65. The van der Waals surface area contributed by atoms with Gasteiger partial charge in [-0.25, -0.2) is 0 Å². The molecule has 1 heterocycles. The molecule has 26 heavy (non-hydrogen) atoms. The van der Waals surface area contributed by atoms with Gasteiger partial charge in [0.1, 0.15) is 0 Å². The van der Waals surface area contributed by atoms with Crippen LogP contribution in [0.1, 0.15) is 60.4 Å². The summed E-state index contributed by atoms with van der Waals surface area (Å²) in [6.45, 7) is 4.24. The zero-order valence-corrected chi connectivity index (χ0v) is 14.8. The molecule has 1 aliphatic carbocycles. The van der Waals surface area contributed by atoms with E-state index in [1.165, 1.54) is 17.7 Å². The van der Waals surface area contributed by atoms with E-state index >= 15 is 0 Å². The number of hydrogen-bond acceptors (Lipinski definition) is 1. The molecule has 0 saturated heterocycles. The predicted molar refractivity (Wildman–Crippen MR) is 98.3 cm³/mol. The van der Waals surface area contributed by atoms with Gasteiger partial charge in [-0.2, -0.15) is 13.2 Å². The lowest BCUT2D eigenvalue weighted by Crippen LogP contribution is -2.31. The molecule has 0 fully saturated rings. The summed E-state index contributed by atoms with van der Waals surface area (Å²) < 4.78 is 40.8. The molecule has 4 heteroatoms. The Bertz CT molecular complexity index is 851. The topological polar surface area (TPSA) is 12.0 Å². The Kier molecular flexibility index (Phi) is 4.09. The standard InChI is InChI=1S/C22H22F3N/c1-13(2)14-8-5-10-16-15-9-6-11-17(15)21(26-20(14)16)18-7-3-4-12-19(18)22(23,24)25/h3-10,12-13,15,17,21,26H,11H2,1-2H3/t15-,17+,21-/m0/s1. The van der Waals surface area contributed by atoms with Gasteiger partial charge in [-0.15, -0.1) is 0 Å². The van der Waals surface area contributed by atoms with Crippen molar-refractivity contribution in [1.82, 2.24) is 0 Å². The van der Waals surface area contributed by atoms with Gasteiger partial charge in [0.15, 0.2) is 0 Å². The summed E-state index contributed by atoms with van der Waals surface area (Å²) in [5, 5.41) is 3.51. The minimum absolute atomic E-state index is 0.105. The lowest BCUT2D eigenvalue weighted by Gasteiger charge is -2.39. The lowest BCUT2D eigenvalue weighted by molar-refractivity contribution is -0.138. The van der Waals surface area contributed by atoms with E-state index in [1.807, 2.05) is 0 Å². The molecule has 0 unspecified atom stereocenters. The molecule has 0 radical (unpaired) electrons. The molecule has 1 N–H and O–H groups in total. The maximum atomic E-state index is 13.6. The van der Waals surface area contributed by atoms with Crippen LogP contribution >= 0.6 is 0 Å². The fourth-order valence-electron chi connectivity index (χ4n) is 4.46. The Hall–Kier alpha value is -2.23. The molecule has 136 valence electrons. The third kappa shape index (κ3) is 2.72. The van der Waals surface area contributed by atoms with E-state index < -0.39 is 11.7 Å². The zero-order chi connectivity index (χ0) is 18.5. The quantitative estimate of drug-likeness (QED) is 0.593. The fraction of sp³-hybridized carbons (Fsp3) is 0.364. The van der Waals surface area contributed by atoms with Crippen LogP contribution in [-0.2, 0) is 6.18 Å². The third-order valence-electron chi connectivity index (χ3n) is 5.65. The highest BCUT2D eigenvalue weighted by Gasteiger charge is 2.42. The monoisotopic (exact) mass is 357 g/mol. The smallest absolute Gasteiger partial charge is 0.377 e. The summed E-state index contributed by atoms with van der Waals surface area (Å²) in [5.74, 6) is 0.572. The summed E-state index contributed by atoms with van der Waals surface area (Å²) in [6.07, 6.45) is 0.715. The Morgan fingerprint density at radius 2 is 1.73 bits per heavy atom. The summed E-state index contributed by atoms with van der Waals surface area (Å²) in [6, 6.07) is 11.9. The Morgan fingerprint density at radius 1 is 1.00 bits per heavy atom. The summed E-state index contributed by atoms with van der Waals surface area (Å²) in [4.78, 5) is 0. The van der Waals surface area contributed by atoms with Gasteiger partial charge in [-0.3, -0.25) is 0 Å². The van der Waals surface area contributed by atoms with Gasteiger partial charge in [-0.1, -0.05) is 62.4 Å². The SMILES string of the molecule is CC(C)c1cccc2c1N[C@H](c1ccccc1C(F)(F)F)[C@@H]1CC=C[C@@H]21. The van der Waals surface area contributed by atoms with Crippen LogP contribution in [0.3, 0.4) is 0 Å². The molecule has 4 rings (SSSR count). The zero-order valence-electron chi connectivity index (χ0n) is 14.8. The van der Waals surface area contributed by atoms with Crippen molar-refractivity contribution in [3.8, 4) is 0 Å². The average molecular weight is 357 g/mol. The van der Waals surface area contributed by atoms with E-state index in [2.05, 4.69) is 49.5 Å². The Labute approximate surface area is 151 Å². The summed E-state index contributed by atoms with van der Waals surface area (Å²) in [5.41, 5.74) is 3.19. The number of nitrogens with one attached hydrogen (secondary N) is 1. The highest BCUT2D eigenvalue weighted by atomic mass is 19.4. The first-order valence-corrected chi connectivity index (χ1v) is 9.10. The molecule has 0 bridgehead atoms. The maximum absolute atomic E-state index is 13.6. The lowest BCUT2D eigenvalue weighted by atomic mass is 9.75. The van der Waals surface area contributed by atoms with Crippen molar-refractivity contribution in [3.05, 3.63) is 76.9 Å². The Balaban J connectivity index is 1.86. The largest absolute Gasteiger partial charge is 0.416 e. The van der Waals surface area contributed by atoms with Crippen molar-refractivity contribution >= 4 is 5.69 Å². The van der Waals surface area contributed by atoms with Crippen molar-refractivity contribution in [2.45, 2.75) is 44.3 Å². The van der Waals surface area contributed by atoms with Crippen LogP contribution in [-0.4, -0.2) is 0 Å². The number of halogens is 3. The molecule has 0 aromatic heterocycles. The van der Waals surface area contributed by atoms with Gasteiger partial charge in [-0.05, 0) is 41.0 Å². The van der Waals surface area contributed by atoms with Gasteiger partial charge in [0.05, 0.1) is 11.6 Å². The molecule has 3 atom stereocenters. The normalized spacial score (nSPS) is 24.3. The predicted octanol–water partition coefficient (Wildman–Crippen LogP) is 6.66. The number of hydrogen-bond donors (Lipinski definition) is 1. The molecular weight excluding hydrogens is 335 g/mol. The first-order valence-electron chi connectivity index (χ1n) is 9.10. The second-order valence-corrected chi connectivity index (χ2v) is 7.53. The first kappa shape index (κ1) is 17.2. The number of rotatable bonds is 2. The van der Waals surface area contributed by atoms with Gasteiger partial charge in [0.2, 0.25) is 0 Å². The van der Waals surface area contributed by atoms with Crippen LogP contribution in [0.15, 0.2) is 54.6 Å². The number of anilines is 1. The number of fused-ring (bicyclic) bond motifs is 3. The van der Waals surface area contributed by atoms with Gasteiger partial charge < -0.3 is 5.32 Å². The molecule has 2 aliphatic rings. The molecular formula is C22H22F3N. The van der Waals surface area contributed by atoms with E-state index in [1.54, 1.807) is 12.1 Å². The van der Waals surface area contributed by atoms with E-state index in [0.717, 1.165) is 17.7 Å². The Morgan fingerprint density at radius 3 is 2.46 bits per heavy atom. The summed E-state index contributed by atoms with van der Waals surface area (Å²) in [7, 11) is 0. The van der Waals surface area contributed by atoms with Crippen molar-refractivity contribution in [2.75, 3.05) is 5.32 Å². The number of alkyl halides is 3. The summed E-state index contributed by atoms with van der Waals surface area (Å²) >= 11 is 0. The molecule has 0 amide bonds. The minimum Gasteiger partial charge on any atom is -0.377 e. The number of allylic oxidation sites excluding steroid dienone is 2. The number of benzene rings is 2. The van der Waals surface area contributed by atoms with Crippen molar-refractivity contribution in [2.24, 2.45) is 5.92 Å². The van der Waals surface area contributed by atoms with Crippen molar-refractivity contribution < 1.29 is 13.2 Å². The van der Waals surface area contributed by atoms with E-state index in [9.17, 15) is 13.2 Å². The van der Waals surface area contributed by atoms with Crippen LogP contribution in [0.25, 0.3) is 0 Å². The minimum atomic E-state index is -4.35. The molecule has 1 nitrogen and oxygen atoms in total. The van der Waals surface area contributed by atoms with Gasteiger partial charge in [0, 0.05) is 11.6 Å². The first-order chi connectivity index (χ1) is 12.4. The van der Waals surface area contributed by atoms with Crippen LogP contribution in [0.2, 0.25) is 0 Å². The second kappa shape index (κ2) is 6.19. The maximum Gasteiger partial charge on any atom is 0.416 e. The molecule has 2 aromatic carbocycles. The van der Waals surface area contributed by atoms with Gasteiger partial charge in [0.25, 0.3) is 0 Å². The van der Waals surface area contributed by atoms with Crippen LogP contribution in [0.5, 0.6) is 0 Å². The molecule has 1 aliphatic heterocycles. The molecule has 2 aromatic rings. The van der Waals surface area contributed by atoms with Crippen LogP contribution in [0.4, 0.5) is 18.9 Å². The average Bonchev–Trinajstić information content (AvgIpc) is 3.09. The van der Waals surface area contributed by atoms with Crippen molar-refractivity contribution in [3.63, 3.8) is 0 Å². The van der Waals surface area contributed by atoms with Gasteiger partial charge >= 0.3 is 6.18 Å². The molecule has 0 saturated carbocycles. The van der Waals surface area contributed by atoms with E-state index in [4.69, 9.17) is 0 Å². The van der Waals surface area contributed by atoms with E-state index in [0.29, 0.717) is 11.5 Å². The fourth-order valence-corrected chi connectivity index (χ4v) is 4.46. The van der Waals surface area contributed by atoms with Crippen LogP contribution in [0, 0.1) is 5.92 Å². The molecule has 0 spiro atoms. The highest BCUT2D eigenvalue weighted by molar-refractivity contribution is 5.65. The van der Waals surface area contributed by atoms with Crippen molar-refractivity contribution in [1.29, 1.82) is 0 Å².